The van der Waals surface area contributed by atoms with Crippen LogP contribution in [0.2, 0.25) is 0 Å². The zero-order chi connectivity index (χ0) is 8.81. The fraction of sp³-hybridized carbons (Fsp3) is 0.667. The summed E-state index contributed by atoms with van der Waals surface area (Å²) in [6.07, 6.45) is 7.37. The fourth-order valence-corrected chi connectivity index (χ4v) is 1.27. The first-order valence-electron chi connectivity index (χ1n) is 4.55. The Morgan fingerprint density at radius 1 is 1.58 bits per heavy atom. The van der Waals surface area contributed by atoms with Crippen LogP contribution in [-0.2, 0) is 13.0 Å². The summed E-state index contributed by atoms with van der Waals surface area (Å²) in [5.41, 5.74) is 0. The van der Waals surface area contributed by atoms with Crippen molar-refractivity contribution in [1.82, 2.24) is 4.98 Å². The lowest BCUT2D eigenvalue weighted by atomic mass is 10.2. The minimum absolute atomic E-state index is 0.210. The van der Waals surface area contributed by atoms with Gasteiger partial charge in [-0.1, -0.05) is 13.3 Å². The normalized spacial score (nSPS) is 10.5. The van der Waals surface area contributed by atoms with Gasteiger partial charge in [0.15, 0.2) is 0 Å². The van der Waals surface area contributed by atoms with Crippen LogP contribution in [0.4, 0.5) is 0 Å². The Kier molecular flexibility index (Phi) is 3.80. The number of hydrogen-bond donors (Lipinski definition) is 2. The maximum absolute atomic E-state index is 8.75. The maximum Gasteiger partial charge on any atom is 0.254 e. The van der Waals surface area contributed by atoms with Crippen molar-refractivity contribution in [1.29, 1.82) is 0 Å². The first-order chi connectivity index (χ1) is 5.88. The Bertz CT molecular complexity index is 220. The van der Waals surface area contributed by atoms with Gasteiger partial charge in [0.25, 0.3) is 5.82 Å². The summed E-state index contributed by atoms with van der Waals surface area (Å²) >= 11 is 0. The fourth-order valence-electron chi connectivity index (χ4n) is 1.27. The number of imidazole rings is 1. The molecule has 0 unspecified atom stereocenters. The molecule has 0 spiro atoms. The van der Waals surface area contributed by atoms with Gasteiger partial charge >= 0.3 is 0 Å². The molecule has 1 rings (SSSR count). The molecule has 1 aromatic heterocycles. The highest BCUT2D eigenvalue weighted by molar-refractivity contribution is 4.76. The Labute approximate surface area is 73.1 Å². The van der Waals surface area contributed by atoms with Crippen LogP contribution in [0.25, 0.3) is 0 Å². The summed E-state index contributed by atoms with van der Waals surface area (Å²) < 4.78 is 2.07. The molecule has 12 heavy (non-hydrogen) atoms. The van der Waals surface area contributed by atoms with Crippen LogP contribution in [0.15, 0.2) is 12.4 Å². The monoisotopic (exact) mass is 169 g/mol. The van der Waals surface area contributed by atoms with Crippen molar-refractivity contribution in [3.63, 3.8) is 0 Å². The summed E-state index contributed by atoms with van der Waals surface area (Å²) in [7, 11) is 0. The maximum atomic E-state index is 8.75. The van der Waals surface area contributed by atoms with Crippen molar-refractivity contribution in [3.8, 4) is 0 Å². The Hall–Kier alpha value is -0.830. The molecule has 0 saturated heterocycles. The van der Waals surface area contributed by atoms with Crippen molar-refractivity contribution in [2.45, 2.75) is 32.7 Å². The molecule has 3 heteroatoms. The quantitative estimate of drug-likeness (QED) is 0.624. The number of rotatable bonds is 5. The summed E-state index contributed by atoms with van der Waals surface area (Å²) in [5, 5.41) is 8.75. The minimum Gasteiger partial charge on any atom is -0.392 e. The predicted octanol–water partition coefficient (Wildman–Crippen LogP) is 0.637. The zero-order valence-corrected chi connectivity index (χ0v) is 7.58. The minimum atomic E-state index is 0.210. The third-order valence-electron chi connectivity index (χ3n) is 1.96. The predicted molar refractivity (Wildman–Crippen MR) is 46.7 cm³/mol. The van der Waals surface area contributed by atoms with Crippen molar-refractivity contribution < 1.29 is 9.67 Å². The summed E-state index contributed by atoms with van der Waals surface area (Å²) in [4.78, 5) is 3.18. The molecule has 0 saturated carbocycles. The molecule has 0 aliphatic carbocycles. The van der Waals surface area contributed by atoms with E-state index in [1.54, 1.807) is 0 Å². The lowest BCUT2D eigenvalue weighted by Gasteiger charge is -1.96. The molecule has 0 atom stereocenters. The largest absolute Gasteiger partial charge is 0.392 e. The van der Waals surface area contributed by atoms with E-state index in [9.17, 15) is 0 Å². The standard InChI is InChI=1S/C9H16N2O/c1-2-3-4-9-10-5-6-11(9)7-8-12/h5-6,12H,2-4,7-8H2,1H3/p+1. The average Bonchev–Trinajstić information content (AvgIpc) is 2.50. The topological polar surface area (TPSA) is 39.9 Å². The molecule has 1 heterocycles. The van der Waals surface area contributed by atoms with Gasteiger partial charge in [0, 0.05) is 6.42 Å². The molecule has 3 nitrogen and oxygen atoms in total. The van der Waals surface area contributed by atoms with Gasteiger partial charge in [0.05, 0.1) is 6.61 Å². The lowest BCUT2D eigenvalue weighted by Crippen LogP contribution is -2.37. The number of aliphatic hydroxyl groups is 1. The number of nitrogens with zero attached hydrogens (tertiary/aromatic N) is 1. The van der Waals surface area contributed by atoms with Crippen molar-refractivity contribution in [3.05, 3.63) is 18.2 Å². The van der Waals surface area contributed by atoms with E-state index in [4.69, 9.17) is 5.11 Å². The third-order valence-corrected chi connectivity index (χ3v) is 1.96. The average molecular weight is 169 g/mol. The number of aromatic amines is 1. The molecule has 2 N–H and O–H groups in total. The summed E-state index contributed by atoms with van der Waals surface area (Å²) in [5.74, 6) is 1.21. The van der Waals surface area contributed by atoms with Gasteiger partial charge in [0.2, 0.25) is 0 Å². The molecule has 0 radical (unpaired) electrons. The number of H-pyrrole nitrogens is 1. The Balaban J connectivity index is 2.51. The molecule has 0 amide bonds. The molecule has 0 fully saturated rings. The molecular weight excluding hydrogens is 152 g/mol. The van der Waals surface area contributed by atoms with Crippen LogP contribution in [0, 0.1) is 0 Å². The van der Waals surface area contributed by atoms with Crippen molar-refractivity contribution >= 4 is 0 Å². The van der Waals surface area contributed by atoms with E-state index < -0.39 is 0 Å². The lowest BCUT2D eigenvalue weighted by molar-refractivity contribution is -0.704. The first kappa shape index (κ1) is 9.26. The highest BCUT2D eigenvalue weighted by Gasteiger charge is 2.07. The molecule has 68 valence electrons. The second-order valence-electron chi connectivity index (χ2n) is 2.93. The number of aromatic nitrogens is 2. The molecule has 1 aromatic rings. The second kappa shape index (κ2) is 4.93. The summed E-state index contributed by atoms with van der Waals surface area (Å²) in [6.45, 7) is 3.09. The highest BCUT2D eigenvalue weighted by Crippen LogP contribution is 1.95. The van der Waals surface area contributed by atoms with Gasteiger partial charge in [-0.3, -0.25) is 0 Å². The number of hydrogen-bond acceptors (Lipinski definition) is 1. The van der Waals surface area contributed by atoms with Crippen LogP contribution < -0.4 is 4.57 Å². The van der Waals surface area contributed by atoms with Crippen LogP contribution in [0.3, 0.4) is 0 Å². The molecule has 0 aliphatic heterocycles. The second-order valence-corrected chi connectivity index (χ2v) is 2.93. The molecule has 0 aliphatic rings. The van der Waals surface area contributed by atoms with Crippen LogP contribution in [0.5, 0.6) is 0 Å². The molecular formula is C9H17N2O+. The van der Waals surface area contributed by atoms with E-state index >= 15 is 0 Å². The van der Waals surface area contributed by atoms with E-state index in [2.05, 4.69) is 16.5 Å². The van der Waals surface area contributed by atoms with Crippen molar-refractivity contribution in [2.24, 2.45) is 0 Å². The van der Waals surface area contributed by atoms with Gasteiger partial charge in [0.1, 0.15) is 18.9 Å². The van der Waals surface area contributed by atoms with E-state index in [1.807, 2.05) is 12.4 Å². The Morgan fingerprint density at radius 3 is 3.08 bits per heavy atom. The van der Waals surface area contributed by atoms with Gasteiger partial charge in [-0.15, -0.1) is 0 Å². The van der Waals surface area contributed by atoms with Crippen LogP contribution >= 0.6 is 0 Å². The van der Waals surface area contributed by atoms with Crippen LogP contribution in [0.1, 0.15) is 25.6 Å². The van der Waals surface area contributed by atoms with E-state index in [0.717, 1.165) is 6.42 Å². The van der Waals surface area contributed by atoms with Crippen molar-refractivity contribution in [2.75, 3.05) is 6.61 Å². The third kappa shape index (κ3) is 2.34. The SMILES string of the molecule is CCCCc1[nH]cc[n+]1CCO. The van der Waals surface area contributed by atoms with Gasteiger partial charge in [-0.05, 0) is 6.42 Å². The zero-order valence-electron chi connectivity index (χ0n) is 7.58. The first-order valence-corrected chi connectivity index (χ1v) is 4.55. The number of nitrogens with one attached hydrogen (secondary N) is 1. The Morgan fingerprint density at radius 2 is 2.42 bits per heavy atom. The van der Waals surface area contributed by atoms with E-state index in [-0.39, 0.29) is 6.61 Å². The number of unbranched alkanes of at least 4 members (excludes halogenated alkanes) is 1. The van der Waals surface area contributed by atoms with E-state index in [1.165, 1.54) is 18.7 Å². The molecule has 0 bridgehead atoms. The number of aliphatic hydroxyl groups excluding tert-OH is 1. The van der Waals surface area contributed by atoms with Crippen LogP contribution in [-0.4, -0.2) is 16.7 Å². The smallest absolute Gasteiger partial charge is 0.254 e. The van der Waals surface area contributed by atoms with Gasteiger partial charge < -0.3 is 5.11 Å². The highest BCUT2D eigenvalue weighted by atomic mass is 16.3. The van der Waals surface area contributed by atoms with E-state index in [0.29, 0.717) is 6.54 Å². The van der Waals surface area contributed by atoms with Gasteiger partial charge in [-0.25, -0.2) is 9.55 Å². The number of aryl methyl sites for hydroxylation is 1. The van der Waals surface area contributed by atoms with Gasteiger partial charge in [-0.2, -0.15) is 0 Å². The summed E-state index contributed by atoms with van der Waals surface area (Å²) in [6, 6.07) is 0. The molecule has 0 aromatic carbocycles.